The van der Waals surface area contributed by atoms with Crippen LogP contribution in [0.5, 0.6) is 0 Å². The van der Waals surface area contributed by atoms with E-state index >= 15 is 0 Å². The van der Waals surface area contributed by atoms with Gasteiger partial charge in [0.05, 0.1) is 0 Å². The highest BCUT2D eigenvalue weighted by Gasteiger charge is 2.12. The number of benzene rings is 1. The van der Waals surface area contributed by atoms with Gasteiger partial charge in [0.25, 0.3) is 0 Å². The summed E-state index contributed by atoms with van der Waals surface area (Å²) in [5, 5.41) is 1.75. The lowest BCUT2D eigenvalue weighted by atomic mass is 9.86. The Bertz CT molecular complexity index is 703. The van der Waals surface area contributed by atoms with E-state index in [1.54, 1.807) is 17.0 Å². The highest BCUT2D eigenvalue weighted by atomic mass is 32.1. The average molecular weight is 412 g/mol. The summed E-state index contributed by atoms with van der Waals surface area (Å²) in [5.41, 5.74) is 14.2. The van der Waals surface area contributed by atoms with Gasteiger partial charge in [0, 0.05) is 12.5 Å². The fourth-order valence-electron chi connectivity index (χ4n) is 3.08. The Morgan fingerprint density at radius 2 is 1.69 bits per heavy atom. The van der Waals surface area contributed by atoms with Crippen LogP contribution < -0.4 is 5.73 Å². The van der Waals surface area contributed by atoms with Crippen LogP contribution in [-0.4, -0.2) is 11.4 Å². The normalized spacial score (nSPS) is 17.9. The number of hydrogen-bond donors (Lipinski definition) is 1. The Kier molecular flexibility index (Phi) is 15.1. The van der Waals surface area contributed by atoms with E-state index in [0.29, 0.717) is 0 Å². The van der Waals surface area contributed by atoms with Crippen molar-refractivity contribution in [3.05, 3.63) is 82.5 Å². The van der Waals surface area contributed by atoms with Gasteiger partial charge in [-0.25, -0.2) is 0 Å². The number of allylic oxidation sites excluding steroid dienone is 6. The summed E-state index contributed by atoms with van der Waals surface area (Å²) in [6, 6.07) is 8.59. The maximum Gasteiger partial charge on any atom is 0.0225 e. The molecule has 0 spiro atoms. The Balaban J connectivity index is 0.000000514. The number of thiocarbonyl (C=S) groups is 1. The molecule has 1 aromatic carbocycles. The van der Waals surface area contributed by atoms with Gasteiger partial charge in [-0.2, -0.15) is 0 Å². The van der Waals surface area contributed by atoms with E-state index in [1.165, 1.54) is 53.5 Å². The predicted octanol–water partition coefficient (Wildman–Crippen LogP) is 7.85. The van der Waals surface area contributed by atoms with Gasteiger partial charge in [0.15, 0.2) is 0 Å². The van der Waals surface area contributed by atoms with Crippen molar-refractivity contribution >= 4 is 17.6 Å². The lowest BCUT2D eigenvalue weighted by Gasteiger charge is -2.20. The molecular weight excluding hydrogens is 370 g/mol. The number of hydrogen-bond acceptors (Lipinski definition) is 2. The molecule has 0 bridgehead atoms. The SMILES string of the molecule is C/C=C1/CCCC/C1=C(C)\C=C(\C)C(C)N.C=CC.Cc1ccc(CC=S)cc1. The molecule has 1 fully saturated rings. The molecule has 1 unspecified atom stereocenters. The Morgan fingerprint density at radius 3 is 2.17 bits per heavy atom. The van der Waals surface area contributed by atoms with Crippen LogP contribution in [0.4, 0.5) is 0 Å². The molecular formula is C27H41NS. The molecule has 1 saturated carbocycles. The van der Waals surface area contributed by atoms with Crippen LogP contribution in [0.1, 0.15) is 71.4 Å². The molecule has 0 heterocycles. The number of nitrogens with two attached hydrogens (primary N) is 1. The van der Waals surface area contributed by atoms with E-state index in [-0.39, 0.29) is 6.04 Å². The van der Waals surface area contributed by atoms with E-state index in [0.717, 1.165) is 6.42 Å². The Morgan fingerprint density at radius 1 is 1.14 bits per heavy atom. The van der Waals surface area contributed by atoms with Crippen LogP contribution in [0.3, 0.4) is 0 Å². The van der Waals surface area contributed by atoms with Gasteiger partial charge >= 0.3 is 0 Å². The summed E-state index contributed by atoms with van der Waals surface area (Å²) in [7, 11) is 0. The molecule has 1 aliphatic rings. The smallest absolute Gasteiger partial charge is 0.0225 e. The van der Waals surface area contributed by atoms with Gasteiger partial charge in [0.2, 0.25) is 0 Å². The first kappa shape index (κ1) is 27.2. The van der Waals surface area contributed by atoms with Crippen molar-refractivity contribution in [3.63, 3.8) is 0 Å². The summed E-state index contributed by atoms with van der Waals surface area (Å²) in [6.07, 6.45) is 12.3. The number of rotatable bonds is 4. The minimum atomic E-state index is 0.160. The zero-order valence-electron chi connectivity index (χ0n) is 19.4. The van der Waals surface area contributed by atoms with Crippen LogP contribution in [0, 0.1) is 6.92 Å². The van der Waals surface area contributed by atoms with Gasteiger partial charge in [-0.3, -0.25) is 0 Å². The topological polar surface area (TPSA) is 26.0 Å². The summed E-state index contributed by atoms with van der Waals surface area (Å²) in [5.74, 6) is 0. The Hall–Kier alpha value is -1.77. The molecule has 2 rings (SSSR count). The standard InChI is InChI=1S/C15H25N.C9H10S.C3H6/c1-5-14-8-6-7-9-15(14)12(3)10-11(2)13(4)16;1-8-2-4-9(5-3-8)6-7-10;1-3-2/h5,10,13H,6-9,16H2,1-4H3;2-5,7H,6H2,1H3;3H,1H2,2H3/b11-10-,14-5-,15-12+;;. The second-order valence-corrected chi connectivity index (χ2v) is 7.96. The second-order valence-electron chi connectivity index (χ2n) is 7.62. The fraction of sp³-hybridized carbons (Fsp3) is 0.444. The van der Waals surface area contributed by atoms with E-state index in [1.807, 2.05) is 13.8 Å². The molecule has 0 amide bonds. The largest absolute Gasteiger partial charge is 0.324 e. The third kappa shape index (κ3) is 11.7. The van der Waals surface area contributed by atoms with Crippen LogP contribution >= 0.6 is 12.2 Å². The van der Waals surface area contributed by atoms with Crippen molar-refractivity contribution in [3.8, 4) is 0 Å². The molecule has 1 nitrogen and oxygen atoms in total. The fourth-order valence-corrected chi connectivity index (χ4v) is 3.27. The summed E-state index contributed by atoms with van der Waals surface area (Å²) in [4.78, 5) is 0. The third-order valence-corrected chi connectivity index (χ3v) is 5.10. The van der Waals surface area contributed by atoms with Crippen LogP contribution in [0.2, 0.25) is 0 Å². The van der Waals surface area contributed by atoms with E-state index in [2.05, 4.69) is 70.7 Å². The quantitative estimate of drug-likeness (QED) is 0.403. The molecule has 1 aromatic rings. The highest BCUT2D eigenvalue weighted by molar-refractivity contribution is 7.78. The number of aryl methyl sites for hydroxylation is 1. The van der Waals surface area contributed by atoms with Gasteiger partial charge in [-0.05, 0) is 94.9 Å². The van der Waals surface area contributed by atoms with Crippen molar-refractivity contribution < 1.29 is 0 Å². The van der Waals surface area contributed by atoms with Crippen molar-refractivity contribution in [1.82, 2.24) is 0 Å². The van der Waals surface area contributed by atoms with Gasteiger partial charge < -0.3 is 5.73 Å². The van der Waals surface area contributed by atoms with Crippen molar-refractivity contribution in [2.75, 3.05) is 0 Å². The summed E-state index contributed by atoms with van der Waals surface area (Å²) >= 11 is 4.74. The first-order chi connectivity index (χ1) is 13.8. The van der Waals surface area contributed by atoms with Crippen LogP contribution in [-0.2, 0) is 6.42 Å². The molecule has 160 valence electrons. The van der Waals surface area contributed by atoms with Crippen LogP contribution in [0.15, 0.2) is 71.4 Å². The molecule has 29 heavy (non-hydrogen) atoms. The van der Waals surface area contributed by atoms with Gasteiger partial charge in [-0.15, -0.1) is 6.58 Å². The van der Waals surface area contributed by atoms with E-state index in [4.69, 9.17) is 18.0 Å². The van der Waals surface area contributed by atoms with E-state index in [9.17, 15) is 0 Å². The molecule has 2 heteroatoms. The van der Waals surface area contributed by atoms with Crippen molar-refractivity contribution in [2.24, 2.45) is 5.73 Å². The molecule has 0 aliphatic heterocycles. The zero-order valence-corrected chi connectivity index (χ0v) is 20.2. The maximum absolute atomic E-state index is 5.88. The summed E-state index contributed by atoms with van der Waals surface area (Å²) in [6.45, 7) is 15.9. The van der Waals surface area contributed by atoms with Gasteiger partial charge in [0.1, 0.15) is 0 Å². The molecule has 1 aliphatic carbocycles. The lowest BCUT2D eigenvalue weighted by Crippen LogP contribution is -2.16. The third-order valence-electron chi connectivity index (χ3n) is 4.94. The van der Waals surface area contributed by atoms with Crippen molar-refractivity contribution in [2.45, 2.75) is 79.7 Å². The molecule has 0 saturated heterocycles. The monoisotopic (exact) mass is 411 g/mol. The average Bonchev–Trinajstić information content (AvgIpc) is 2.71. The zero-order chi connectivity index (χ0) is 22.2. The van der Waals surface area contributed by atoms with E-state index < -0.39 is 0 Å². The molecule has 0 radical (unpaired) electrons. The first-order valence-corrected chi connectivity index (χ1v) is 11.1. The minimum absolute atomic E-state index is 0.160. The minimum Gasteiger partial charge on any atom is -0.324 e. The maximum atomic E-state index is 5.88. The first-order valence-electron chi connectivity index (χ1n) is 10.7. The molecule has 2 N–H and O–H groups in total. The second kappa shape index (κ2) is 16.1. The predicted molar refractivity (Wildman–Crippen MR) is 137 cm³/mol. The molecule has 0 aromatic heterocycles. The molecule has 1 atom stereocenters. The summed E-state index contributed by atoms with van der Waals surface area (Å²) < 4.78 is 0. The van der Waals surface area contributed by atoms with Crippen LogP contribution in [0.25, 0.3) is 0 Å². The van der Waals surface area contributed by atoms with Crippen molar-refractivity contribution in [1.29, 1.82) is 0 Å². The highest BCUT2D eigenvalue weighted by Crippen LogP contribution is 2.31. The van der Waals surface area contributed by atoms with Gasteiger partial charge in [-0.1, -0.05) is 65.8 Å². The lowest BCUT2D eigenvalue weighted by molar-refractivity contribution is 0.674. The Labute approximate surface area is 185 Å².